The Balaban J connectivity index is 2.88. The number of nitrogens with zero attached hydrogens (tertiary/aromatic N) is 3. The fourth-order valence-electron chi connectivity index (χ4n) is 1.12. The quantitative estimate of drug-likeness (QED) is 0.776. The minimum absolute atomic E-state index is 0.205. The smallest absolute Gasteiger partial charge is 0.225 e. The average molecular weight is 216 g/mol. The van der Waals surface area contributed by atoms with Gasteiger partial charge in [-0.2, -0.15) is 0 Å². The first-order chi connectivity index (χ1) is 6.34. The normalized spacial score (nSPS) is 12.5. The SMILES string of the molecule is Cc1nnc(Cl)n1CC(C)(C)C(C)C. The first-order valence-corrected chi connectivity index (χ1v) is 5.27. The van der Waals surface area contributed by atoms with Gasteiger partial charge in [0.1, 0.15) is 5.82 Å². The van der Waals surface area contributed by atoms with Gasteiger partial charge in [-0.3, -0.25) is 0 Å². The summed E-state index contributed by atoms with van der Waals surface area (Å²) in [7, 11) is 0. The molecule has 4 heteroatoms. The van der Waals surface area contributed by atoms with Crippen molar-refractivity contribution in [3.63, 3.8) is 0 Å². The van der Waals surface area contributed by atoms with Gasteiger partial charge in [0.2, 0.25) is 5.28 Å². The Morgan fingerprint density at radius 2 is 1.93 bits per heavy atom. The molecular formula is C10H18ClN3. The summed E-state index contributed by atoms with van der Waals surface area (Å²) in [6.07, 6.45) is 0. The van der Waals surface area contributed by atoms with E-state index >= 15 is 0 Å². The minimum Gasteiger partial charge on any atom is -0.301 e. The molecule has 1 heterocycles. The van der Waals surface area contributed by atoms with Crippen molar-refractivity contribution in [3.05, 3.63) is 11.1 Å². The van der Waals surface area contributed by atoms with Crippen LogP contribution in [0.15, 0.2) is 0 Å². The van der Waals surface area contributed by atoms with Crippen molar-refractivity contribution >= 4 is 11.6 Å². The largest absolute Gasteiger partial charge is 0.301 e. The highest BCUT2D eigenvalue weighted by molar-refractivity contribution is 6.28. The number of rotatable bonds is 3. The third-order valence-corrected chi connectivity index (χ3v) is 3.30. The van der Waals surface area contributed by atoms with Crippen LogP contribution in [0, 0.1) is 18.3 Å². The lowest BCUT2D eigenvalue weighted by Gasteiger charge is -2.29. The highest BCUT2D eigenvalue weighted by atomic mass is 35.5. The van der Waals surface area contributed by atoms with Crippen molar-refractivity contribution in [1.82, 2.24) is 14.8 Å². The van der Waals surface area contributed by atoms with E-state index in [0.29, 0.717) is 11.2 Å². The third kappa shape index (κ3) is 2.27. The molecule has 0 saturated heterocycles. The summed E-state index contributed by atoms with van der Waals surface area (Å²) >= 11 is 5.95. The molecule has 0 bridgehead atoms. The summed E-state index contributed by atoms with van der Waals surface area (Å²) in [5.74, 6) is 1.48. The second-order valence-corrected chi connectivity index (χ2v) is 5.08. The molecule has 0 unspecified atom stereocenters. The number of aryl methyl sites for hydroxylation is 1. The van der Waals surface area contributed by atoms with Gasteiger partial charge in [0.25, 0.3) is 0 Å². The zero-order valence-electron chi connectivity index (χ0n) is 9.50. The van der Waals surface area contributed by atoms with E-state index in [9.17, 15) is 0 Å². The highest BCUT2D eigenvalue weighted by Crippen LogP contribution is 2.29. The number of hydrogen-bond donors (Lipinski definition) is 0. The topological polar surface area (TPSA) is 30.7 Å². The van der Waals surface area contributed by atoms with E-state index in [4.69, 9.17) is 11.6 Å². The van der Waals surface area contributed by atoms with Crippen LogP contribution >= 0.6 is 11.6 Å². The molecule has 14 heavy (non-hydrogen) atoms. The first kappa shape index (κ1) is 11.5. The van der Waals surface area contributed by atoms with Crippen LogP contribution < -0.4 is 0 Å². The van der Waals surface area contributed by atoms with Crippen LogP contribution in [0.2, 0.25) is 5.28 Å². The Bertz CT molecular complexity index is 296. The molecule has 1 aromatic heterocycles. The molecule has 0 aliphatic heterocycles. The van der Waals surface area contributed by atoms with Gasteiger partial charge in [0, 0.05) is 6.54 Å². The zero-order valence-corrected chi connectivity index (χ0v) is 10.3. The third-order valence-electron chi connectivity index (χ3n) is 3.02. The van der Waals surface area contributed by atoms with Crippen molar-refractivity contribution in [2.75, 3.05) is 0 Å². The monoisotopic (exact) mass is 215 g/mol. The second kappa shape index (κ2) is 3.89. The van der Waals surface area contributed by atoms with Gasteiger partial charge < -0.3 is 4.57 Å². The Morgan fingerprint density at radius 3 is 2.29 bits per heavy atom. The van der Waals surface area contributed by atoms with Gasteiger partial charge in [-0.1, -0.05) is 27.7 Å². The fourth-order valence-corrected chi connectivity index (χ4v) is 1.34. The predicted molar refractivity (Wildman–Crippen MR) is 58.4 cm³/mol. The standard InChI is InChI=1S/C10H18ClN3/c1-7(2)10(4,5)6-14-8(3)12-13-9(14)11/h7H,6H2,1-5H3. The van der Waals surface area contributed by atoms with Crippen LogP contribution in [0.1, 0.15) is 33.5 Å². The van der Waals surface area contributed by atoms with E-state index in [1.54, 1.807) is 0 Å². The lowest BCUT2D eigenvalue weighted by atomic mass is 9.81. The number of aromatic nitrogens is 3. The lowest BCUT2D eigenvalue weighted by Crippen LogP contribution is -2.26. The minimum atomic E-state index is 0.205. The van der Waals surface area contributed by atoms with Crippen LogP contribution in [0.25, 0.3) is 0 Å². The van der Waals surface area contributed by atoms with Gasteiger partial charge in [0.05, 0.1) is 0 Å². The van der Waals surface area contributed by atoms with E-state index in [1.807, 2.05) is 11.5 Å². The van der Waals surface area contributed by atoms with Crippen molar-refractivity contribution in [2.24, 2.45) is 11.3 Å². The molecule has 0 spiro atoms. The van der Waals surface area contributed by atoms with Gasteiger partial charge in [0.15, 0.2) is 0 Å². The second-order valence-electron chi connectivity index (χ2n) is 4.75. The maximum absolute atomic E-state index is 5.95. The van der Waals surface area contributed by atoms with Crippen molar-refractivity contribution in [1.29, 1.82) is 0 Å². The molecule has 3 nitrogen and oxygen atoms in total. The summed E-state index contributed by atoms with van der Waals surface area (Å²) in [6, 6.07) is 0. The summed E-state index contributed by atoms with van der Waals surface area (Å²) in [5, 5.41) is 8.26. The molecule has 0 aliphatic carbocycles. The van der Waals surface area contributed by atoms with E-state index in [-0.39, 0.29) is 5.41 Å². The van der Waals surface area contributed by atoms with Crippen LogP contribution in [-0.4, -0.2) is 14.8 Å². The van der Waals surface area contributed by atoms with E-state index in [0.717, 1.165) is 12.4 Å². The molecule has 0 fully saturated rings. The van der Waals surface area contributed by atoms with Crippen LogP contribution in [0.4, 0.5) is 0 Å². The molecule has 0 aliphatic rings. The maximum Gasteiger partial charge on any atom is 0.225 e. The Labute approximate surface area is 90.5 Å². The Kier molecular flexibility index (Phi) is 3.20. The van der Waals surface area contributed by atoms with Gasteiger partial charge in [-0.05, 0) is 29.9 Å². The van der Waals surface area contributed by atoms with Crippen molar-refractivity contribution in [3.8, 4) is 0 Å². The molecule has 80 valence electrons. The molecule has 0 aromatic carbocycles. The van der Waals surface area contributed by atoms with Gasteiger partial charge in [-0.25, -0.2) is 0 Å². The first-order valence-electron chi connectivity index (χ1n) is 4.90. The van der Waals surface area contributed by atoms with Crippen molar-refractivity contribution < 1.29 is 0 Å². The van der Waals surface area contributed by atoms with Crippen molar-refractivity contribution in [2.45, 2.75) is 41.2 Å². The molecule has 0 amide bonds. The maximum atomic E-state index is 5.95. The van der Waals surface area contributed by atoms with E-state index in [1.165, 1.54) is 0 Å². The van der Waals surface area contributed by atoms with E-state index in [2.05, 4.69) is 37.9 Å². The molecule has 1 aromatic rings. The van der Waals surface area contributed by atoms with Gasteiger partial charge >= 0.3 is 0 Å². The fraction of sp³-hybridized carbons (Fsp3) is 0.800. The molecule has 1 rings (SSSR count). The number of halogens is 1. The summed E-state index contributed by atoms with van der Waals surface area (Å²) in [5.41, 5.74) is 0.205. The molecule has 0 atom stereocenters. The summed E-state index contributed by atoms with van der Waals surface area (Å²) < 4.78 is 1.96. The van der Waals surface area contributed by atoms with Crippen LogP contribution in [0.3, 0.4) is 0 Å². The van der Waals surface area contributed by atoms with Crippen LogP contribution in [-0.2, 0) is 6.54 Å². The number of hydrogen-bond acceptors (Lipinski definition) is 2. The highest BCUT2D eigenvalue weighted by Gasteiger charge is 2.24. The molecule has 0 radical (unpaired) electrons. The van der Waals surface area contributed by atoms with Gasteiger partial charge in [-0.15, -0.1) is 10.2 Å². The molecular weight excluding hydrogens is 198 g/mol. The predicted octanol–water partition coefficient (Wildman–Crippen LogP) is 2.92. The van der Waals surface area contributed by atoms with Crippen LogP contribution in [0.5, 0.6) is 0 Å². The molecule has 0 saturated carbocycles. The molecule has 0 N–H and O–H groups in total. The Morgan fingerprint density at radius 1 is 1.36 bits per heavy atom. The summed E-state index contributed by atoms with van der Waals surface area (Å²) in [4.78, 5) is 0. The Hall–Kier alpha value is -0.570. The lowest BCUT2D eigenvalue weighted by molar-refractivity contribution is 0.208. The zero-order chi connectivity index (χ0) is 10.9. The van der Waals surface area contributed by atoms with E-state index < -0.39 is 0 Å². The summed E-state index contributed by atoms with van der Waals surface area (Å²) in [6.45, 7) is 11.7. The average Bonchev–Trinajstić information content (AvgIpc) is 2.35.